The van der Waals surface area contributed by atoms with E-state index in [9.17, 15) is 4.79 Å². The summed E-state index contributed by atoms with van der Waals surface area (Å²) >= 11 is 0. The molecule has 0 fully saturated rings. The van der Waals surface area contributed by atoms with E-state index >= 15 is 0 Å². The summed E-state index contributed by atoms with van der Waals surface area (Å²) in [6, 6.07) is 19.5. The zero-order valence-electron chi connectivity index (χ0n) is 16.6. The van der Waals surface area contributed by atoms with Crippen molar-refractivity contribution in [3.63, 3.8) is 0 Å². The lowest BCUT2D eigenvalue weighted by atomic mass is 10.1. The summed E-state index contributed by atoms with van der Waals surface area (Å²) in [5.74, 6) is 0.704. The number of carbonyl (C=O) groups excluding carboxylic acids is 1. The van der Waals surface area contributed by atoms with Gasteiger partial charge < -0.3 is 13.9 Å². The predicted molar refractivity (Wildman–Crippen MR) is 112 cm³/mol. The number of pyridine rings is 1. The molecule has 0 radical (unpaired) electrons. The van der Waals surface area contributed by atoms with Crippen molar-refractivity contribution in [2.75, 3.05) is 0 Å². The second-order valence-corrected chi connectivity index (χ2v) is 7.10. The van der Waals surface area contributed by atoms with Crippen LogP contribution in [0.2, 0.25) is 0 Å². The van der Waals surface area contributed by atoms with Crippen LogP contribution in [0.25, 0.3) is 5.69 Å². The van der Waals surface area contributed by atoms with E-state index < -0.39 is 0 Å². The maximum absolute atomic E-state index is 13.3. The summed E-state index contributed by atoms with van der Waals surface area (Å²) in [5, 5.41) is 0. The van der Waals surface area contributed by atoms with E-state index in [1.165, 1.54) is 0 Å². The lowest BCUT2D eigenvalue weighted by molar-refractivity contribution is 0.0717. The highest BCUT2D eigenvalue weighted by atomic mass is 16.3. The molecule has 0 saturated carbocycles. The number of carbonyl (C=O) groups is 1. The number of furan rings is 1. The van der Waals surface area contributed by atoms with Crippen LogP contribution in [-0.2, 0) is 13.1 Å². The van der Waals surface area contributed by atoms with Crippen molar-refractivity contribution >= 4 is 5.91 Å². The van der Waals surface area contributed by atoms with Gasteiger partial charge in [0.25, 0.3) is 5.91 Å². The third kappa shape index (κ3) is 4.14. The Bertz CT molecular complexity index is 1060. The van der Waals surface area contributed by atoms with E-state index in [1.807, 2.05) is 48.5 Å². The molecule has 29 heavy (non-hydrogen) atoms. The Morgan fingerprint density at radius 1 is 0.966 bits per heavy atom. The van der Waals surface area contributed by atoms with Crippen LogP contribution in [0.5, 0.6) is 0 Å². The summed E-state index contributed by atoms with van der Waals surface area (Å²) in [5.41, 5.74) is 5.00. The number of amides is 1. The van der Waals surface area contributed by atoms with Gasteiger partial charge >= 0.3 is 0 Å². The molecule has 3 aromatic heterocycles. The molecule has 5 nitrogen and oxygen atoms in total. The third-order valence-corrected chi connectivity index (χ3v) is 4.95. The van der Waals surface area contributed by atoms with Crippen LogP contribution in [0.4, 0.5) is 0 Å². The lowest BCUT2D eigenvalue weighted by Crippen LogP contribution is -2.30. The predicted octanol–water partition coefficient (Wildman–Crippen LogP) is 4.92. The second kappa shape index (κ2) is 8.19. The van der Waals surface area contributed by atoms with Crippen molar-refractivity contribution in [2.45, 2.75) is 26.9 Å². The molecule has 0 atom stereocenters. The first-order valence-electron chi connectivity index (χ1n) is 9.58. The average Bonchev–Trinajstić information content (AvgIpc) is 3.37. The highest BCUT2D eigenvalue weighted by molar-refractivity contribution is 5.94. The van der Waals surface area contributed by atoms with Crippen LogP contribution in [-0.4, -0.2) is 20.4 Å². The summed E-state index contributed by atoms with van der Waals surface area (Å²) in [7, 11) is 0. The quantitative estimate of drug-likeness (QED) is 0.473. The minimum absolute atomic E-state index is 0.0437. The number of aryl methyl sites for hydroxylation is 2. The molecule has 0 spiro atoms. The number of hydrogen-bond donors (Lipinski definition) is 0. The normalized spacial score (nSPS) is 10.8. The monoisotopic (exact) mass is 385 g/mol. The van der Waals surface area contributed by atoms with Gasteiger partial charge in [0.05, 0.1) is 12.8 Å². The minimum Gasteiger partial charge on any atom is -0.467 e. The molecular formula is C24H23N3O2. The van der Waals surface area contributed by atoms with Gasteiger partial charge in [-0.05, 0) is 74.0 Å². The Labute approximate surface area is 170 Å². The van der Waals surface area contributed by atoms with E-state index in [4.69, 9.17) is 4.42 Å². The first kappa shape index (κ1) is 18.7. The van der Waals surface area contributed by atoms with Crippen molar-refractivity contribution < 1.29 is 9.21 Å². The Morgan fingerprint density at radius 3 is 2.34 bits per heavy atom. The number of aromatic nitrogens is 2. The van der Waals surface area contributed by atoms with Gasteiger partial charge in [-0.3, -0.25) is 9.78 Å². The van der Waals surface area contributed by atoms with Crippen LogP contribution >= 0.6 is 0 Å². The fourth-order valence-electron chi connectivity index (χ4n) is 3.51. The molecule has 5 heteroatoms. The van der Waals surface area contributed by atoms with Crippen LogP contribution in [0.3, 0.4) is 0 Å². The summed E-state index contributed by atoms with van der Waals surface area (Å²) in [6.45, 7) is 5.01. The van der Waals surface area contributed by atoms with Gasteiger partial charge in [0.15, 0.2) is 0 Å². The van der Waals surface area contributed by atoms with Crippen LogP contribution in [0.1, 0.15) is 33.1 Å². The van der Waals surface area contributed by atoms with Crippen LogP contribution in [0.15, 0.2) is 83.7 Å². The van der Waals surface area contributed by atoms with E-state index in [2.05, 4.69) is 35.5 Å². The minimum atomic E-state index is -0.0437. The number of nitrogens with zero attached hydrogens (tertiary/aromatic N) is 3. The smallest absolute Gasteiger partial charge is 0.254 e. The van der Waals surface area contributed by atoms with Gasteiger partial charge in [-0.1, -0.05) is 6.07 Å². The summed E-state index contributed by atoms with van der Waals surface area (Å²) in [4.78, 5) is 19.2. The molecule has 0 aliphatic heterocycles. The van der Waals surface area contributed by atoms with Crippen LogP contribution in [0, 0.1) is 13.8 Å². The van der Waals surface area contributed by atoms with Crippen molar-refractivity contribution in [1.82, 2.24) is 14.5 Å². The number of benzene rings is 1. The average molecular weight is 385 g/mol. The molecule has 1 aromatic carbocycles. The van der Waals surface area contributed by atoms with E-state index in [0.29, 0.717) is 18.7 Å². The van der Waals surface area contributed by atoms with Crippen LogP contribution < -0.4 is 0 Å². The zero-order valence-corrected chi connectivity index (χ0v) is 16.6. The highest BCUT2D eigenvalue weighted by Gasteiger charge is 2.18. The van der Waals surface area contributed by atoms with Gasteiger partial charge in [-0.15, -0.1) is 0 Å². The van der Waals surface area contributed by atoms with Crippen molar-refractivity contribution in [3.05, 3.63) is 108 Å². The fraction of sp³-hybridized carbons (Fsp3) is 0.167. The molecule has 0 bridgehead atoms. The molecule has 1 amide bonds. The largest absolute Gasteiger partial charge is 0.467 e. The summed E-state index contributed by atoms with van der Waals surface area (Å²) in [6.07, 6.45) is 5.13. The van der Waals surface area contributed by atoms with E-state index in [-0.39, 0.29) is 5.91 Å². The first-order chi connectivity index (χ1) is 14.1. The number of hydrogen-bond acceptors (Lipinski definition) is 3. The molecule has 3 heterocycles. The number of rotatable bonds is 6. The van der Waals surface area contributed by atoms with Crippen molar-refractivity contribution in [3.8, 4) is 5.69 Å². The van der Waals surface area contributed by atoms with E-state index in [0.717, 1.165) is 28.4 Å². The van der Waals surface area contributed by atoms with Crippen molar-refractivity contribution in [2.24, 2.45) is 0 Å². The molecule has 0 N–H and O–H groups in total. The molecule has 0 unspecified atom stereocenters. The Balaban J connectivity index is 1.59. The molecule has 0 aliphatic rings. The summed E-state index contributed by atoms with van der Waals surface area (Å²) < 4.78 is 7.64. The molecule has 4 rings (SSSR count). The standard InChI is InChI=1S/C24H23N3O2/c1-18-7-8-19(2)27(18)22-11-9-21(10-12-22)24(28)26(17-23-6-4-14-29-23)16-20-5-3-13-25-15-20/h3-15H,16-17H2,1-2H3. The maximum atomic E-state index is 13.3. The van der Waals surface area contributed by atoms with Gasteiger partial charge in [-0.2, -0.15) is 0 Å². The Hall–Kier alpha value is -3.60. The SMILES string of the molecule is Cc1ccc(C)n1-c1ccc(C(=O)N(Cc2cccnc2)Cc2ccco2)cc1. The molecule has 146 valence electrons. The maximum Gasteiger partial charge on any atom is 0.254 e. The third-order valence-electron chi connectivity index (χ3n) is 4.95. The molecular weight excluding hydrogens is 362 g/mol. The topological polar surface area (TPSA) is 51.3 Å². The first-order valence-corrected chi connectivity index (χ1v) is 9.58. The van der Waals surface area contributed by atoms with E-state index in [1.54, 1.807) is 23.6 Å². The fourth-order valence-corrected chi connectivity index (χ4v) is 3.51. The molecule has 4 aromatic rings. The highest BCUT2D eigenvalue weighted by Crippen LogP contribution is 2.19. The zero-order chi connectivity index (χ0) is 20.2. The van der Waals surface area contributed by atoms with Gasteiger partial charge in [0.1, 0.15) is 5.76 Å². The molecule has 0 aliphatic carbocycles. The van der Waals surface area contributed by atoms with Gasteiger partial charge in [0, 0.05) is 41.6 Å². The van der Waals surface area contributed by atoms with Crippen molar-refractivity contribution in [1.29, 1.82) is 0 Å². The second-order valence-electron chi connectivity index (χ2n) is 7.10. The van der Waals surface area contributed by atoms with Gasteiger partial charge in [-0.25, -0.2) is 0 Å². The molecule has 0 saturated heterocycles. The Kier molecular flexibility index (Phi) is 5.29. The Morgan fingerprint density at radius 2 is 1.72 bits per heavy atom. The van der Waals surface area contributed by atoms with Gasteiger partial charge in [0.2, 0.25) is 0 Å². The lowest BCUT2D eigenvalue weighted by Gasteiger charge is -2.22.